The van der Waals surface area contributed by atoms with Crippen LogP contribution in [0.15, 0.2) is 18.2 Å². The Morgan fingerprint density at radius 3 is 2.44 bits per heavy atom. The summed E-state index contributed by atoms with van der Waals surface area (Å²) >= 11 is 0. The zero-order valence-electron chi connectivity index (χ0n) is 11.9. The number of hydrogen-bond acceptors (Lipinski definition) is 1. The second-order valence-corrected chi connectivity index (χ2v) is 6.51. The highest BCUT2D eigenvalue weighted by Crippen LogP contribution is 2.55. The van der Waals surface area contributed by atoms with E-state index in [9.17, 15) is 0 Å². The van der Waals surface area contributed by atoms with Gasteiger partial charge in [0.15, 0.2) is 0 Å². The van der Waals surface area contributed by atoms with Gasteiger partial charge in [0.05, 0.1) is 0 Å². The van der Waals surface area contributed by atoms with Gasteiger partial charge in [0, 0.05) is 6.04 Å². The SMILES string of the molecule is CNC(Cc1ccc(C)c(C)c1)C1CC2CC2C1. The third-order valence-electron chi connectivity index (χ3n) is 5.25. The number of nitrogens with one attached hydrogen (secondary N) is 1. The maximum Gasteiger partial charge on any atom is 0.0133 e. The van der Waals surface area contributed by atoms with Crippen molar-refractivity contribution in [1.82, 2.24) is 5.32 Å². The van der Waals surface area contributed by atoms with Crippen LogP contribution in [0.2, 0.25) is 0 Å². The summed E-state index contributed by atoms with van der Waals surface area (Å²) in [5.41, 5.74) is 4.33. The highest BCUT2D eigenvalue weighted by Gasteiger charge is 2.47. The average molecular weight is 243 g/mol. The van der Waals surface area contributed by atoms with Crippen molar-refractivity contribution in [1.29, 1.82) is 0 Å². The average Bonchev–Trinajstić information content (AvgIpc) is 2.97. The molecule has 0 heterocycles. The largest absolute Gasteiger partial charge is 0.316 e. The Kier molecular flexibility index (Phi) is 3.19. The van der Waals surface area contributed by atoms with Crippen LogP contribution in [-0.2, 0) is 6.42 Å². The van der Waals surface area contributed by atoms with Gasteiger partial charge in [-0.25, -0.2) is 0 Å². The maximum atomic E-state index is 3.57. The molecule has 2 saturated carbocycles. The predicted octanol–water partition coefficient (Wildman–Crippen LogP) is 3.48. The Morgan fingerprint density at radius 1 is 1.11 bits per heavy atom. The van der Waals surface area contributed by atoms with Crippen molar-refractivity contribution in [3.8, 4) is 0 Å². The zero-order chi connectivity index (χ0) is 12.7. The van der Waals surface area contributed by atoms with Crippen molar-refractivity contribution < 1.29 is 0 Å². The molecule has 2 aliphatic carbocycles. The molecule has 1 nitrogen and oxygen atoms in total. The third-order valence-corrected chi connectivity index (χ3v) is 5.25. The number of benzene rings is 1. The second-order valence-electron chi connectivity index (χ2n) is 6.51. The second kappa shape index (κ2) is 4.70. The summed E-state index contributed by atoms with van der Waals surface area (Å²) in [6.07, 6.45) is 5.67. The van der Waals surface area contributed by atoms with Gasteiger partial charge in [-0.3, -0.25) is 0 Å². The minimum absolute atomic E-state index is 0.680. The van der Waals surface area contributed by atoms with Gasteiger partial charge >= 0.3 is 0 Å². The molecule has 1 heteroatoms. The van der Waals surface area contributed by atoms with E-state index in [0.717, 1.165) is 17.8 Å². The maximum absolute atomic E-state index is 3.57. The van der Waals surface area contributed by atoms with Gasteiger partial charge in [0.1, 0.15) is 0 Å². The summed E-state index contributed by atoms with van der Waals surface area (Å²) in [5.74, 6) is 3.09. The van der Waals surface area contributed by atoms with Crippen molar-refractivity contribution in [2.24, 2.45) is 17.8 Å². The van der Waals surface area contributed by atoms with E-state index in [-0.39, 0.29) is 0 Å². The lowest BCUT2D eigenvalue weighted by molar-refractivity contribution is 0.349. The number of rotatable bonds is 4. The smallest absolute Gasteiger partial charge is 0.0133 e. The Balaban J connectivity index is 1.67. The molecule has 1 N–H and O–H groups in total. The molecule has 1 aromatic rings. The Hall–Kier alpha value is -0.820. The van der Waals surface area contributed by atoms with E-state index < -0.39 is 0 Å². The Morgan fingerprint density at radius 2 is 1.83 bits per heavy atom. The molecule has 0 aromatic heterocycles. The van der Waals surface area contributed by atoms with Crippen molar-refractivity contribution in [2.45, 2.75) is 45.6 Å². The van der Waals surface area contributed by atoms with Crippen LogP contribution in [0, 0.1) is 31.6 Å². The molecule has 0 radical (unpaired) electrons. The quantitative estimate of drug-likeness (QED) is 0.853. The number of likely N-dealkylation sites (N-methyl/N-ethyl adjacent to an activating group) is 1. The van der Waals surface area contributed by atoms with E-state index in [2.05, 4.69) is 44.4 Å². The molecule has 18 heavy (non-hydrogen) atoms. The lowest BCUT2D eigenvalue weighted by Gasteiger charge is -2.24. The molecule has 0 saturated heterocycles. The number of fused-ring (bicyclic) bond motifs is 1. The number of aryl methyl sites for hydroxylation is 2. The van der Waals surface area contributed by atoms with E-state index in [1.54, 1.807) is 0 Å². The van der Waals surface area contributed by atoms with Crippen LogP contribution in [-0.4, -0.2) is 13.1 Å². The highest BCUT2D eigenvalue weighted by molar-refractivity contribution is 5.30. The molecule has 0 aliphatic heterocycles. The molecule has 3 unspecified atom stereocenters. The molecule has 3 rings (SSSR count). The van der Waals surface area contributed by atoms with Crippen molar-refractivity contribution >= 4 is 0 Å². The molecule has 3 atom stereocenters. The molecule has 0 spiro atoms. The minimum Gasteiger partial charge on any atom is -0.316 e. The lowest BCUT2D eigenvalue weighted by Crippen LogP contribution is -2.35. The summed E-state index contributed by atoms with van der Waals surface area (Å²) in [7, 11) is 2.13. The molecule has 2 aliphatic rings. The first-order valence-electron chi connectivity index (χ1n) is 7.40. The van der Waals surface area contributed by atoms with E-state index in [4.69, 9.17) is 0 Å². The molecule has 1 aromatic carbocycles. The van der Waals surface area contributed by atoms with Crippen LogP contribution >= 0.6 is 0 Å². The van der Waals surface area contributed by atoms with Crippen molar-refractivity contribution in [3.63, 3.8) is 0 Å². The molecule has 98 valence electrons. The summed E-state index contributed by atoms with van der Waals surface area (Å²) in [4.78, 5) is 0. The van der Waals surface area contributed by atoms with Crippen LogP contribution in [0.4, 0.5) is 0 Å². The van der Waals surface area contributed by atoms with Gasteiger partial charge < -0.3 is 5.32 Å². The Labute approximate surface area is 111 Å². The molecular formula is C17H25N. The highest BCUT2D eigenvalue weighted by atomic mass is 14.9. The first-order chi connectivity index (χ1) is 8.67. The normalized spacial score (nSPS) is 31.2. The standard InChI is InChI=1S/C17H25N/c1-11-4-5-13(6-12(11)2)7-17(18-3)16-9-14-8-15(14)10-16/h4-6,14-18H,7-10H2,1-3H3. The van der Waals surface area contributed by atoms with Gasteiger partial charge in [-0.2, -0.15) is 0 Å². The summed E-state index contributed by atoms with van der Waals surface area (Å²) in [6, 6.07) is 7.63. The Bertz CT molecular complexity index is 427. The van der Waals surface area contributed by atoms with Crippen molar-refractivity contribution in [2.75, 3.05) is 7.05 Å². The molecule has 2 fully saturated rings. The van der Waals surface area contributed by atoms with Crippen LogP contribution in [0.3, 0.4) is 0 Å². The first kappa shape index (κ1) is 12.2. The van der Waals surface area contributed by atoms with Gasteiger partial charge in [-0.15, -0.1) is 0 Å². The number of hydrogen-bond donors (Lipinski definition) is 1. The summed E-state index contributed by atoms with van der Waals surface area (Å²) in [5, 5.41) is 3.57. The van der Waals surface area contributed by atoms with Crippen LogP contribution in [0.25, 0.3) is 0 Å². The summed E-state index contributed by atoms with van der Waals surface area (Å²) in [6.45, 7) is 4.41. The van der Waals surface area contributed by atoms with Gasteiger partial charge in [0.2, 0.25) is 0 Å². The molecule has 0 amide bonds. The molecule has 0 bridgehead atoms. The van der Waals surface area contributed by atoms with Gasteiger partial charge in [-0.1, -0.05) is 18.2 Å². The van der Waals surface area contributed by atoms with E-state index >= 15 is 0 Å². The van der Waals surface area contributed by atoms with Gasteiger partial charge in [0.25, 0.3) is 0 Å². The third kappa shape index (κ3) is 2.33. The van der Waals surface area contributed by atoms with Crippen LogP contribution < -0.4 is 5.32 Å². The van der Waals surface area contributed by atoms with E-state index in [0.29, 0.717) is 6.04 Å². The fraction of sp³-hybridized carbons (Fsp3) is 0.647. The fourth-order valence-electron chi connectivity index (χ4n) is 3.78. The summed E-state index contributed by atoms with van der Waals surface area (Å²) < 4.78 is 0. The van der Waals surface area contributed by atoms with Crippen LogP contribution in [0.1, 0.15) is 36.0 Å². The van der Waals surface area contributed by atoms with E-state index in [1.165, 1.54) is 42.4 Å². The minimum atomic E-state index is 0.680. The lowest BCUT2D eigenvalue weighted by atomic mass is 9.89. The van der Waals surface area contributed by atoms with E-state index in [1.807, 2.05) is 0 Å². The fourth-order valence-corrected chi connectivity index (χ4v) is 3.78. The molecular weight excluding hydrogens is 218 g/mol. The van der Waals surface area contributed by atoms with Crippen LogP contribution in [0.5, 0.6) is 0 Å². The first-order valence-corrected chi connectivity index (χ1v) is 7.40. The predicted molar refractivity (Wildman–Crippen MR) is 76.8 cm³/mol. The zero-order valence-corrected chi connectivity index (χ0v) is 11.9. The monoisotopic (exact) mass is 243 g/mol. The topological polar surface area (TPSA) is 12.0 Å². The van der Waals surface area contributed by atoms with Gasteiger partial charge in [-0.05, 0) is 81.0 Å². The van der Waals surface area contributed by atoms with Crippen molar-refractivity contribution in [3.05, 3.63) is 34.9 Å².